The summed E-state index contributed by atoms with van der Waals surface area (Å²) in [5, 5.41) is 13.2. The van der Waals surface area contributed by atoms with Crippen LogP contribution in [-0.2, 0) is 19.5 Å². The summed E-state index contributed by atoms with van der Waals surface area (Å²) in [4.78, 5) is 6.59. The normalized spacial score (nSPS) is 11.9. The smallest absolute Gasteiger partial charge is 0.193 e. The zero-order valence-corrected chi connectivity index (χ0v) is 18.9. The molecule has 0 radical (unpaired) electrons. The van der Waals surface area contributed by atoms with Gasteiger partial charge in [0.2, 0.25) is 0 Å². The van der Waals surface area contributed by atoms with Gasteiger partial charge < -0.3 is 14.8 Å². The Balaban J connectivity index is 1.86. The number of rotatable bonds is 9. The maximum atomic E-state index is 4.43. The van der Waals surface area contributed by atoms with Crippen molar-refractivity contribution in [1.29, 1.82) is 0 Å². The lowest BCUT2D eigenvalue weighted by Gasteiger charge is -2.23. The number of nitrogens with zero attached hydrogens (tertiary/aromatic N) is 5. The van der Waals surface area contributed by atoms with Crippen molar-refractivity contribution >= 4 is 17.7 Å². The Hall–Kier alpha value is -2.02. The first kappa shape index (κ1) is 22.3. The van der Waals surface area contributed by atoms with Crippen molar-refractivity contribution in [2.24, 2.45) is 10.9 Å². The van der Waals surface area contributed by atoms with Gasteiger partial charge in [0.05, 0.1) is 0 Å². The summed E-state index contributed by atoms with van der Waals surface area (Å²) in [6.45, 7) is 9.26. The number of hydrogen-bond acceptors (Lipinski definition) is 4. The molecule has 2 rings (SSSR count). The van der Waals surface area contributed by atoms with Crippen molar-refractivity contribution in [2.75, 3.05) is 26.9 Å². The van der Waals surface area contributed by atoms with Crippen LogP contribution in [0.5, 0.6) is 0 Å². The predicted molar refractivity (Wildman–Crippen MR) is 119 cm³/mol. The Morgan fingerprint density at radius 3 is 2.68 bits per heavy atom. The highest BCUT2D eigenvalue weighted by atomic mass is 32.2. The fourth-order valence-electron chi connectivity index (χ4n) is 3.15. The maximum absolute atomic E-state index is 4.43. The average molecular weight is 403 g/mol. The van der Waals surface area contributed by atoms with Crippen LogP contribution in [0.3, 0.4) is 0 Å². The van der Waals surface area contributed by atoms with Crippen molar-refractivity contribution in [3.63, 3.8) is 0 Å². The van der Waals surface area contributed by atoms with Crippen LogP contribution in [-0.4, -0.2) is 52.5 Å². The quantitative estimate of drug-likeness (QED) is 0.301. The van der Waals surface area contributed by atoms with Crippen LogP contribution < -0.4 is 5.32 Å². The van der Waals surface area contributed by atoms with E-state index in [9.17, 15) is 0 Å². The fraction of sp³-hybridized carbons (Fsp3) is 0.571. The molecule has 28 heavy (non-hydrogen) atoms. The Morgan fingerprint density at radius 2 is 2.04 bits per heavy atom. The van der Waals surface area contributed by atoms with E-state index in [0.29, 0.717) is 5.92 Å². The first-order valence-corrected chi connectivity index (χ1v) is 11.1. The molecule has 0 unspecified atom stereocenters. The lowest BCUT2D eigenvalue weighted by atomic mass is 10.1. The average Bonchev–Trinajstić information content (AvgIpc) is 3.04. The van der Waals surface area contributed by atoms with Gasteiger partial charge in [-0.1, -0.05) is 49.9 Å². The van der Waals surface area contributed by atoms with E-state index in [4.69, 9.17) is 0 Å². The molecule has 0 bridgehead atoms. The molecule has 6 nitrogen and oxygen atoms in total. The lowest BCUT2D eigenvalue weighted by Crippen LogP contribution is -2.39. The molecule has 0 atom stereocenters. The van der Waals surface area contributed by atoms with Crippen molar-refractivity contribution in [1.82, 2.24) is 25.0 Å². The van der Waals surface area contributed by atoms with Gasteiger partial charge in [-0.3, -0.25) is 4.99 Å². The SMILES string of the molecule is CN=C(NCCCc1nnc(SC)n1CC(C)C)N(C)Cc1ccccc1C. The van der Waals surface area contributed by atoms with E-state index in [-0.39, 0.29) is 0 Å². The molecular weight excluding hydrogens is 368 g/mol. The second-order valence-electron chi connectivity index (χ2n) is 7.47. The zero-order chi connectivity index (χ0) is 20.5. The molecule has 0 spiro atoms. The van der Waals surface area contributed by atoms with Gasteiger partial charge in [0.25, 0.3) is 0 Å². The number of benzene rings is 1. The Bertz CT molecular complexity index is 768. The summed E-state index contributed by atoms with van der Waals surface area (Å²) in [7, 11) is 3.91. The molecule has 0 amide bonds. The van der Waals surface area contributed by atoms with E-state index in [0.717, 1.165) is 49.4 Å². The van der Waals surface area contributed by atoms with Crippen LogP contribution in [0.1, 0.15) is 37.2 Å². The number of aryl methyl sites for hydroxylation is 2. The van der Waals surface area contributed by atoms with Crippen molar-refractivity contribution in [2.45, 2.75) is 51.9 Å². The highest BCUT2D eigenvalue weighted by Crippen LogP contribution is 2.16. The minimum atomic E-state index is 0.577. The van der Waals surface area contributed by atoms with Crippen LogP contribution in [0.15, 0.2) is 34.4 Å². The summed E-state index contributed by atoms with van der Waals surface area (Å²) >= 11 is 1.66. The molecule has 1 aromatic heterocycles. The molecular formula is C21H34N6S. The molecule has 1 aromatic carbocycles. The van der Waals surface area contributed by atoms with Crippen molar-refractivity contribution in [3.05, 3.63) is 41.2 Å². The largest absolute Gasteiger partial charge is 0.356 e. The maximum Gasteiger partial charge on any atom is 0.193 e. The second-order valence-corrected chi connectivity index (χ2v) is 8.24. The monoisotopic (exact) mass is 402 g/mol. The standard InChI is InChI=1S/C21H34N6S/c1-16(2)14-27-19(24-25-21(27)28-6)12-9-13-23-20(22-4)26(5)15-18-11-8-7-10-17(18)3/h7-8,10-11,16H,9,12-15H2,1-6H3,(H,22,23). The molecule has 1 heterocycles. The second kappa shape index (κ2) is 11.1. The van der Waals surface area contributed by atoms with Gasteiger partial charge in [-0.2, -0.15) is 0 Å². The Labute approximate surface area is 173 Å². The van der Waals surface area contributed by atoms with E-state index in [1.54, 1.807) is 11.8 Å². The third-order valence-electron chi connectivity index (χ3n) is 4.63. The highest BCUT2D eigenvalue weighted by molar-refractivity contribution is 7.98. The molecule has 0 saturated carbocycles. The first-order valence-electron chi connectivity index (χ1n) is 9.88. The van der Waals surface area contributed by atoms with Crippen LogP contribution in [0.4, 0.5) is 0 Å². The fourth-order valence-corrected chi connectivity index (χ4v) is 3.68. The summed E-state index contributed by atoms with van der Waals surface area (Å²) < 4.78 is 2.26. The molecule has 0 aliphatic heterocycles. The van der Waals surface area contributed by atoms with Crippen molar-refractivity contribution < 1.29 is 0 Å². The van der Waals surface area contributed by atoms with Crippen molar-refractivity contribution in [3.8, 4) is 0 Å². The van der Waals surface area contributed by atoms with Gasteiger partial charge in [0, 0.05) is 40.2 Å². The summed E-state index contributed by atoms with van der Waals surface area (Å²) in [6, 6.07) is 8.48. The van der Waals surface area contributed by atoms with Gasteiger partial charge in [0.15, 0.2) is 11.1 Å². The van der Waals surface area contributed by atoms with Gasteiger partial charge in [-0.05, 0) is 36.6 Å². The molecule has 0 fully saturated rings. The van der Waals surface area contributed by atoms with Crippen LogP contribution in [0, 0.1) is 12.8 Å². The van der Waals surface area contributed by atoms with E-state index in [1.165, 1.54) is 11.1 Å². The van der Waals surface area contributed by atoms with Crippen LogP contribution in [0.25, 0.3) is 0 Å². The number of aliphatic imine (C=N–C) groups is 1. The molecule has 1 N–H and O–H groups in total. The Morgan fingerprint density at radius 1 is 1.29 bits per heavy atom. The summed E-state index contributed by atoms with van der Waals surface area (Å²) in [6.07, 6.45) is 3.95. The summed E-state index contributed by atoms with van der Waals surface area (Å²) in [5.41, 5.74) is 2.62. The van der Waals surface area contributed by atoms with E-state index < -0.39 is 0 Å². The van der Waals surface area contributed by atoms with E-state index in [1.807, 2.05) is 7.05 Å². The minimum absolute atomic E-state index is 0.577. The van der Waals surface area contributed by atoms with E-state index >= 15 is 0 Å². The van der Waals surface area contributed by atoms with Gasteiger partial charge in [0.1, 0.15) is 5.82 Å². The van der Waals surface area contributed by atoms with Gasteiger partial charge in [-0.15, -0.1) is 10.2 Å². The van der Waals surface area contributed by atoms with Gasteiger partial charge >= 0.3 is 0 Å². The summed E-state index contributed by atoms with van der Waals surface area (Å²) in [5.74, 6) is 2.56. The number of guanidine groups is 1. The molecule has 0 saturated heterocycles. The first-order chi connectivity index (χ1) is 13.5. The zero-order valence-electron chi connectivity index (χ0n) is 18.1. The lowest BCUT2D eigenvalue weighted by molar-refractivity contribution is 0.468. The third kappa shape index (κ3) is 6.26. The predicted octanol–water partition coefficient (Wildman–Crippen LogP) is 3.60. The molecule has 0 aliphatic carbocycles. The van der Waals surface area contributed by atoms with Crippen LogP contribution in [0.2, 0.25) is 0 Å². The minimum Gasteiger partial charge on any atom is -0.356 e. The van der Waals surface area contributed by atoms with Crippen LogP contribution >= 0.6 is 11.8 Å². The van der Waals surface area contributed by atoms with E-state index in [2.05, 4.69) is 88.3 Å². The molecule has 2 aromatic rings. The Kier molecular flexibility index (Phi) is 8.83. The topological polar surface area (TPSA) is 58.3 Å². The van der Waals surface area contributed by atoms with Gasteiger partial charge in [-0.25, -0.2) is 0 Å². The number of hydrogen-bond donors (Lipinski definition) is 1. The molecule has 154 valence electrons. The number of aromatic nitrogens is 3. The third-order valence-corrected chi connectivity index (χ3v) is 5.29. The number of nitrogens with one attached hydrogen (secondary N) is 1. The highest BCUT2D eigenvalue weighted by Gasteiger charge is 2.13. The molecule has 0 aliphatic rings. The molecule has 7 heteroatoms. The number of thioether (sulfide) groups is 1.